The van der Waals surface area contributed by atoms with Gasteiger partial charge in [0, 0.05) is 17.8 Å². The number of H-pyrrole nitrogens is 1. The highest BCUT2D eigenvalue weighted by Gasteiger charge is 2.24. The number of rotatable bonds is 9. The smallest absolute Gasteiger partial charge is 0.341 e. The van der Waals surface area contributed by atoms with E-state index in [9.17, 15) is 9.70 Å². The summed E-state index contributed by atoms with van der Waals surface area (Å²) < 4.78 is 0. The van der Waals surface area contributed by atoms with Crippen LogP contribution in [0.25, 0.3) is 22.4 Å². The first-order valence-electron chi connectivity index (χ1n) is 10.9. The van der Waals surface area contributed by atoms with E-state index in [1.54, 1.807) is 0 Å². The molecule has 1 amide bonds. The highest BCUT2D eigenvalue weighted by Crippen LogP contribution is 2.35. The molecule has 33 heavy (non-hydrogen) atoms. The van der Waals surface area contributed by atoms with Crippen molar-refractivity contribution >= 4 is 33.1 Å². The van der Waals surface area contributed by atoms with E-state index in [0.717, 1.165) is 53.1 Å². The minimum Gasteiger partial charge on any atom is -0.385 e. The number of hydrogen-bond acceptors (Lipinski definition) is 5. The average molecular weight is 458 g/mol. The lowest BCUT2D eigenvalue weighted by Gasteiger charge is -2.11. The van der Waals surface area contributed by atoms with Crippen LogP contribution < -0.4 is 15.6 Å². The molecule has 0 unspecified atom stereocenters. The summed E-state index contributed by atoms with van der Waals surface area (Å²) >= 11 is 1.12. The van der Waals surface area contributed by atoms with Gasteiger partial charge in [-0.25, -0.2) is 9.78 Å². The number of nitroso groups, excluding NO2 is 1. The Labute approximate surface area is 196 Å². The van der Waals surface area contributed by atoms with Gasteiger partial charge in [0.05, 0.1) is 5.56 Å². The van der Waals surface area contributed by atoms with Gasteiger partial charge < -0.3 is 5.32 Å². The van der Waals surface area contributed by atoms with Gasteiger partial charge in [-0.1, -0.05) is 74.0 Å². The molecule has 0 aliphatic carbocycles. The normalized spacial score (nSPS) is 10.6. The first kappa shape index (κ1) is 22.4. The Morgan fingerprint density at radius 2 is 1.67 bits per heavy atom. The standard InChI is InChI=1S/C26H24N4O2S/c1-2-3-16-27-20-14-15-21(22(17-20)18-10-6-4-7-11-18)24(31)29-26-28-23(25(30-32)33-26)19-12-8-5-9-13-19/h4-15,17,27H,2-3,16H2,1H3,(H,28,29,31)/p+1. The fraction of sp³-hybridized carbons (Fsp3) is 0.154. The van der Waals surface area contributed by atoms with Crippen LogP contribution >= 0.6 is 11.3 Å². The van der Waals surface area contributed by atoms with Crippen molar-refractivity contribution < 1.29 is 9.78 Å². The van der Waals surface area contributed by atoms with Crippen LogP contribution in [0.3, 0.4) is 0 Å². The van der Waals surface area contributed by atoms with Crippen molar-refractivity contribution in [3.05, 3.63) is 89.3 Å². The van der Waals surface area contributed by atoms with Gasteiger partial charge in [0.25, 0.3) is 0 Å². The second-order valence-electron chi connectivity index (χ2n) is 7.55. The number of thiazole rings is 1. The lowest BCUT2D eigenvalue weighted by Crippen LogP contribution is -2.18. The van der Waals surface area contributed by atoms with Crippen molar-refractivity contribution in [2.45, 2.75) is 19.8 Å². The maximum Gasteiger partial charge on any atom is 0.341 e. The van der Waals surface area contributed by atoms with E-state index in [2.05, 4.69) is 27.7 Å². The number of anilines is 2. The Balaban J connectivity index is 1.64. The number of carbonyl (C=O) groups is 1. The molecule has 0 saturated carbocycles. The summed E-state index contributed by atoms with van der Waals surface area (Å²) in [5.74, 6) is -0.261. The lowest BCUT2D eigenvalue weighted by molar-refractivity contribution is -0.340. The molecule has 0 aliphatic heterocycles. The zero-order valence-corrected chi connectivity index (χ0v) is 19.1. The number of nitrogens with one attached hydrogen (secondary N) is 3. The fourth-order valence-corrected chi connectivity index (χ4v) is 4.35. The van der Waals surface area contributed by atoms with Crippen molar-refractivity contribution in [1.29, 1.82) is 0 Å². The molecule has 0 atom stereocenters. The molecule has 0 radical (unpaired) electrons. The second-order valence-corrected chi connectivity index (χ2v) is 8.55. The Hall–Kier alpha value is -3.84. The zero-order valence-electron chi connectivity index (χ0n) is 18.3. The summed E-state index contributed by atoms with van der Waals surface area (Å²) in [4.78, 5) is 27.8. The number of aromatic nitrogens is 1. The number of aromatic amines is 1. The minimum absolute atomic E-state index is 0.261. The van der Waals surface area contributed by atoms with Gasteiger partial charge in [0.15, 0.2) is 5.69 Å². The summed E-state index contributed by atoms with van der Waals surface area (Å²) in [6.07, 6.45) is 2.19. The van der Waals surface area contributed by atoms with E-state index >= 15 is 0 Å². The van der Waals surface area contributed by atoms with Crippen molar-refractivity contribution in [3.63, 3.8) is 0 Å². The number of benzene rings is 3. The van der Waals surface area contributed by atoms with Gasteiger partial charge in [0.1, 0.15) is 0 Å². The highest BCUT2D eigenvalue weighted by molar-refractivity contribution is 7.19. The van der Waals surface area contributed by atoms with Crippen molar-refractivity contribution in [3.8, 4) is 22.4 Å². The minimum atomic E-state index is -0.261. The van der Waals surface area contributed by atoms with Crippen LogP contribution in [-0.2, 0) is 0 Å². The summed E-state index contributed by atoms with van der Waals surface area (Å²) in [6, 6.07) is 25.0. The van der Waals surface area contributed by atoms with Gasteiger partial charge in [-0.2, -0.15) is 5.32 Å². The van der Waals surface area contributed by atoms with Gasteiger partial charge in [-0.05, 0) is 52.3 Å². The predicted octanol–water partition coefficient (Wildman–Crippen LogP) is 6.76. The van der Waals surface area contributed by atoms with E-state index in [4.69, 9.17) is 0 Å². The SMILES string of the molecule is CCCCNc1ccc(C(=O)Nc2[nH+]c(-c3ccccc3)c(N=O)s2)c(-c2ccccc2)c1. The van der Waals surface area contributed by atoms with E-state index in [1.807, 2.05) is 78.9 Å². The molecule has 1 aromatic heterocycles. The molecule has 3 N–H and O–H groups in total. The van der Waals surface area contributed by atoms with Crippen LogP contribution in [0, 0.1) is 4.91 Å². The Kier molecular flexibility index (Phi) is 7.22. The Bertz CT molecular complexity index is 1240. The Morgan fingerprint density at radius 1 is 0.970 bits per heavy atom. The van der Waals surface area contributed by atoms with Crippen molar-refractivity contribution in [2.75, 3.05) is 17.2 Å². The van der Waals surface area contributed by atoms with Crippen molar-refractivity contribution in [1.82, 2.24) is 0 Å². The number of carbonyl (C=O) groups excluding carboxylic acids is 1. The van der Waals surface area contributed by atoms with Gasteiger partial charge in [-0.3, -0.25) is 0 Å². The number of amides is 1. The van der Waals surface area contributed by atoms with Crippen LogP contribution in [0.2, 0.25) is 0 Å². The molecule has 6 nitrogen and oxygen atoms in total. The van der Waals surface area contributed by atoms with Gasteiger partial charge >= 0.3 is 11.0 Å². The molecular formula is C26H25N4O2S+. The lowest BCUT2D eigenvalue weighted by atomic mass is 9.98. The molecule has 1 heterocycles. The third-order valence-electron chi connectivity index (χ3n) is 5.23. The summed E-state index contributed by atoms with van der Waals surface area (Å²) in [5, 5.41) is 10.2. The molecule has 0 saturated heterocycles. The number of hydrogen-bond donors (Lipinski definition) is 2. The van der Waals surface area contributed by atoms with E-state index in [-0.39, 0.29) is 10.9 Å². The molecule has 4 aromatic rings. The second kappa shape index (κ2) is 10.7. The van der Waals surface area contributed by atoms with Crippen LogP contribution in [-0.4, -0.2) is 12.5 Å². The average Bonchev–Trinajstić information content (AvgIpc) is 3.28. The van der Waals surface area contributed by atoms with Crippen LogP contribution in [0.1, 0.15) is 30.1 Å². The topological polar surface area (TPSA) is 84.7 Å². The first-order valence-corrected chi connectivity index (χ1v) is 11.7. The van der Waals surface area contributed by atoms with E-state index in [1.165, 1.54) is 0 Å². The summed E-state index contributed by atoms with van der Waals surface area (Å²) in [7, 11) is 0. The first-order chi connectivity index (χ1) is 16.2. The molecule has 0 spiro atoms. The maximum atomic E-state index is 13.3. The van der Waals surface area contributed by atoms with Crippen LogP contribution in [0.15, 0.2) is 84.0 Å². The zero-order chi connectivity index (χ0) is 23.0. The monoisotopic (exact) mass is 457 g/mol. The highest BCUT2D eigenvalue weighted by atomic mass is 32.1. The van der Waals surface area contributed by atoms with E-state index < -0.39 is 0 Å². The van der Waals surface area contributed by atoms with Crippen molar-refractivity contribution in [2.24, 2.45) is 5.18 Å². The third-order valence-corrected chi connectivity index (χ3v) is 6.11. The molecule has 3 aromatic carbocycles. The molecule has 166 valence electrons. The van der Waals surface area contributed by atoms with Crippen LogP contribution in [0.4, 0.5) is 15.8 Å². The molecule has 0 fully saturated rings. The van der Waals surface area contributed by atoms with Crippen LogP contribution in [0.5, 0.6) is 0 Å². The van der Waals surface area contributed by atoms with Gasteiger partial charge in [0.2, 0.25) is 5.00 Å². The summed E-state index contributed by atoms with van der Waals surface area (Å²) in [5.41, 5.74) is 4.73. The fourth-order valence-electron chi connectivity index (χ4n) is 3.55. The number of nitrogens with zero attached hydrogens (tertiary/aromatic N) is 1. The molecular weight excluding hydrogens is 432 g/mol. The van der Waals surface area contributed by atoms with E-state index in [0.29, 0.717) is 16.4 Å². The summed E-state index contributed by atoms with van der Waals surface area (Å²) in [6.45, 7) is 3.03. The van der Waals surface area contributed by atoms with Gasteiger partial charge in [-0.15, -0.1) is 4.91 Å². The molecule has 0 aliphatic rings. The molecule has 7 heteroatoms. The molecule has 0 bridgehead atoms. The molecule has 4 rings (SSSR count). The number of unbranched alkanes of at least 4 members (excludes halogenated alkanes) is 1. The Morgan fingerprint density at radius 3 is 2.33 bits per heavy atom. The largest absolute Gasteiger partial charge is 0.385 e. The maximum absolute atomic E-state index is 13.3. The third kappa shape index (κ3) is 5.32. The predicted molar refractivity (Wildman–Crippen MR) is 135 cm³/mol. The quantitative estimate of drug-likeness (QED) is 0.215.